The molecule has 1 saturated heterocycles. The van der Waals surface area contributed by atoms with Crippen LogP contribution in [-0.2, 0) is 4.79 Å². The zero-order valence-electron chi connectivity index (χ0n) is 9.64. The molecule has 1 fully saturated rings. The third-order valence-corrected chi connectivity index (χ3v) is 4.33. The molecule has 3 aliphatic rings. The van der Waals surface area contributed by atoms with E-state index in [1.54, 1.807) is 0 Å². The Morgan fingerprint density at radius 1 is 1.06 bits per heavy atom. The van der Waals surface area contributed by atoms with E-state index in [-0.39, 0.29) is 5.92 Å². The fraction of sp³-hybridized carbons (Fsp3) is 0.643. The van der Waals surface area contributed by atoms with Crippen LogP contribution in [0, 0.1) is 11.8 Å². The van der Waals surface area contributed by atoms with Gasteiger partial charge in [0.2, 0.25) is 5.91 Å². The minimum absolute atomic E-state index is 0.262. The number of carbonyl (C=O) groups is 1. The van der Waals surface area contributed by atoms with Crippen molar-refractivity contribution in [2.24, 2.45) is 11.8 Å². The van der Waals surface area contributed by atoms with Crippen LogP contribution in [-0.4, -0.2) is 16.8 Å². The lowest BCUT2D eigenvalue weighted by atomic mass is 9.80. The lowest BCUT2D eigenvalue weighted by Gasteiger charge is -2.32. The molecule has 0 saturated carbocycles. The van der Waals surface area contributed by atoms with Gasteiger partial charge in [0.15, 0.2) is 0 Å². The van der Waals surface area contributed by atoms with Crippen LogP contribution in [0.4, 0.5) is 0 Å². The summed E-state index contributed by atoms with van der Waals surface area (Å²) in [5.74, 6) is 1.25. The maximum atomic E-state index is 12.5. The van der Waals surface area contributed by atoms with Gasteiger partial charge in [0.25, 0.3) is 0 Å². The van der Waals surface area contributed by atoms with Crippen LogP contribution in [0.15, 0.2) is 24.4 Å². The molecule has 0 aromatic carbocycles. The van der Waals surface area contributed by atoms with Gasteiger partial charge in [-0.25, -0.2) is 0 Å². The van der Waals surface area contributed by atoms with Gasteiger partial charge in [-0.15, -0.1) is 0 Å². The van der Waals surface area contributed by atoms with Crippen LogP contribution < -0.4 is 0 Å². The number of carbonyl (C=O) groups excluding carboxylic acids is 1. The SMILES string of the molecule is O=C1C2CC=CCC2CCC2CCC=CN12. The van der Waals surface area contributed by atoms with Crippen LogP contribution in [0.3, 0.4) is 0 Å². The summed E-state index contributed by atoms with van der Waals surface area (Å²) in [5, 5.41) is 0. The summed E-state index contributed by atoms with van der Waals surface area (Å²) in [7, 11) is 0. The van der Waals surface area contributed by atoms with Crippen molar-refractivity contribution in [3.8, 4) is 0 Å². The second kappa shape index (κ2) is 4.08. The first-order valence-corrected chi connectivity index (χ1v) is 6.50. The van der Waals surface area contributed by atoms with Crippen molar-refractivity contribution in [2.45, 2.75) is 44.6 Å². The number of hydrogen-bond donors (Lipinski definition) is 0. The van der Waals surface area contributed by atoms with Gasteiger partial charge in [0, 0.05) is 18.2 Å². The number of amides is 1. The Bertz CT molecular complexity index is 345. The summed E-state index contributed by atoms with van der Waals surface area (Å²) in [6, 6.07) is 0.489. The normalized spacial score (nSPS) is 37.9. The van der Waals surface area contributed by atoms with E-state index in [0.29, 0.717) is 17.9 Å². The van der Waals surface area contributed by atoms with E-state index in [4.69, 9.17) is 0 Å². The highest BCUT2D eigenvalue weighted by atomic mass is 16.2. The molecule has 3 rings (SSSR count). The van der Waals surface area contributed by atoms with Crippen molar-refractivity contribution in [3.63, 3.8) is 0 Å². The Morgan fingerprint density at radius 3 is 2.88 bits per heavy atom. The number of rotatable bonds is 0. The van der Waals surface area contributed by atoms with Gasteiger partial charge in [0.05, 0.1) is 0 Å². The molecule has 86 valence electrons. The standard InChI is InChI=1S/C14H19NO/c16-14-13-7-2-1-5-11(13)8-9-12-6-3-4-10-15(12)14/h1-2,4,10-13H,3,5-9H2. The number of nitrogens with zero attached hydrogens (tertiary/aromatic N) is 1. The van der Waals surface area contributed by atoms with Gasteiger partial charge in [-0.1, -0.05) is 18.2 Å². The highest BCUT2D eigenvalue weighted by Gasteiger charge is 2.38. The smallest absolute Gasteiger partial charge is 0.230 e. The lowest BCUT2D eigenvalue weighted by Crippen LogP contribution is -2.40. The van der Waals surface area contributed by atoms with E-state index in [2.05, 4.69) is 18.2 Å². The Labute approximate surface area is 97.0 Å². The minimum Gasteiger partial charge on any atom is -0.316 e. The minimum atomic E-state index is 0.262. The van der Waals surface area contributed by atoms with Crippen molar-refractivity contribution >= 4 is 5.91 Å². The zero-order chi connectivity index (χ0) is 11.0. The van der Waals surface area contributed by atoms with Crippen LogP contribution in [0.1, 0.15) is 38.5 Å². The number of fused-ring (bicyclic) bond motifs is 2. The Morgan fingerprint density at radius 2 is 1.94 bits per heavy atom. The van der Waals surface area contributed by atoms with Crippen LogP contribution >= 0.6 is 0 Å². The molecular formula is C14H19NO. The third kappa shape index (κ3) is 1.60. The zero-order valence-corrected chi connectivity index (χ0v) is 9.64. The first-order valence-electron chi connectivity index (χ1n) is 6.50. The summed E-state index contributed by atoms with van der Waals surface area (Å²) in [6.45, 7) is 0. The second-order valence-electron chi connectivity index (χ2n) is 5.25. The molecule has 3 atom stereocenters. The summed E-state index contributed by atoms with van der Waals surface area (Å²) in [4.78, 5) is 14.5. The Hall–Kier alpha value is -1.05. The maximum Gasteiger partial charge on any atom is 0.230 e. The Balaban J connectivity index is 1.88. The maximum absolute atomic E-state index is 12.5. The van der Waals surface area contributed by atoms with Gasteiger partial charge in [-0.2, -0.15) is 0 Å². The fourth-order valence-electron chi connectivity index (χ4n) is 3.36. The molecule has 0 spiro atoms. The third-order valence-electron chi connectivity index (χ3n) is 4.33. The van der Waals surface area contributed by atoms with Gasteiger partial charge >= 0.3 is 0 Å². The fourth-order valence-corrected chi connectivity index (χ4v) is 3.36. The quantitative estimate of drug-likeness (QED) is 0.571. The summed E-state index contributed by atoms with van der Waals surface area (Å²) >= 11 is 0. The first kappa shape index (κ1) is 10.1. The predicted molar refractivity (Wildman–Crippen MR) is 63.6 cm³/mol. The van der Waals surface area contributed by atoms with Crippen molar-refractivity contribution in [2.75, 3.05) is 0 Å². The molecule has 16 heavy (non-hydrogen) atoms. The van der Waals surface area contributed by atoms with Gasteiger partial charge in [-0.05, 0) is 44.4 Å². The monoisotopic (exact) mass is 217 g/mol. The van der Waals surface area contributed by atoms with E-state index in [1.807, 2.05) is 11.1 Å². The van der Waals surface area contributed by atoms with E-state index in [9.17, 15) is 4.79 Å². The molecule has 3 unspecified atom stereocenters. The first-order chi connectivity index (χ1) is 7.86. The van der Waals surface area contributed by atoms with Crippen LogP contribution in [0.5, 0.6) is 0 Å². The molecule has 0 bridgehead atoms. The topological polar surface area (TPSA) is 20.3 Å². The van der Waals surface area contributed by atoms with Crippen LogP contribution in [0.2, 0.25) is 0 Å². The molecule has 2 heterocycles. The molecule has 2 heteroatoms. The Kier molecular flexibility index (Phi) is 2.58. The predicted octanol–water partition coefficient (Wildman–Crippen LogP) is 2.87. The molecule has 0 aromatic rings. The van der Waals surface area contributed by atoms with Gasteiger partial charge in [-0.3, -0.25) is 4.79 Å². The van der Waals surface area contributed by atoms with Crippen molar-refractivity contribution in [1.29, 1.82) is 0 Å². The molecule has 0 aromatic heterocycles. The second-order valence-corrected chi connectivity index (χ2v) is 5.25. The van der Waals surface area contributed by atoms with Gasteiger partial charge in [0.1, 0.15) is 0 Å². The molecule has 0 radical (unpaired) electrons. The molecule has 0 N–H and O–H groups in total. The molecule has 1 aliphatic carbocycles. The highest BCUT2D eigenvalue weighted by Crippen LogP contribution is 2.37. The average Bonchev–Trinajstić information content (AvgIpc) is 2.49. The summed E-state index contributed by atoms with van der Waals surface area (Å²) in [6.07, 6.45) is 15.4. The summed E-state index contributed by atoms with van der Waals surface area (Å²) in [5.41, 5.74) is 0. The lowest BCUT2D eigenvalue weighted by molar-refractivity contribution is -0.135. The molecule has 2 nitrogen and oxygen atoms in total. The number of allylic oxidation sites excluding steroid dienone is 3. The van der Waals surface area contributed by atoms with Crippen molar-refractivity contribution in [1.82, 2.24) is 4.90 Å². The highest BCUT2D eigenvalue weighted by molar-refractivity contribution is 5.81. The van der Waals surface area contributed by atoms with E-state index in [0.717, 1.165) is 25.7 Å². The molecule has 1 amide bonds. The molecule has 2 aliphatic heterocycles. The molecular weight excluding hydrogens is 198 g/mol. The largest absolute Gasteiger partial charge is 0.316 e. The van der Waals surface area contributed by atoms with Gasteiger partial charge < -0.3 is 4.90 Å². The number of hydrogen-bond acceptors (Lipinski definition) is 1. The van der Waals surface area contributed by atoms with E-state index < -0.39 is 0 Å². The van der Waals surface area contributed by atoms with Crippen LogP contribution in [0.25, 0.3) is 0 Å². The summed E-state index contributed by atoms with van der Waals surface area (Å²) < 4.78 is 0. The van der Waals surface area contributed by atoms with E-state index >= 15 is 0 Å². The van der Waals surface area contributed by atoms with Crippen molar-refractivity contribution in [3.05, 3.63) is 24.4 Å². The average molecular weight is 217 g/mol. The van der Waals surface area contributed by atoms with E-state index in [1.165, 1.54) is 12.8 Å². The van der Waals surface area contributed by atoms with Crippen molar-refractivity contribution < 1.29 is 4.79 Å².